The molecule has 0 saturated carbocycles. The van der Waals surface area contributed by atoms with Gasteiger partial charge >= 0.3 is 0 Å². The molecule has 0 spiro atoms. The Morgan fingerprint density at radius 1 is 1.10 bits per heavy atom. The van der Waals surface area contributed by atoms with Gasteiger partial charge in [0.05, 0.1) is 12.2 Å². The maximum atomic E-state index is 14.6. The zero-order valence-corrected chi connectivity index (χ0v) is 15.7. The van der Waals surface area contributed by atoms with Crippen molar-refractivity contribution in [1.82, 2.24) is 24.5 Å². The Balaban J connectivity index is 1.74. The van der Waals surface area contributed by atoms with Crippen LogP contribution in [0.15, 0.2) is 73.6 Å². The zero-order chi connectivity index (χ0) is 20.4. The summed E-state index contributed by atoms with van der Waals surface area (Å²) in [5.41, 5.74) is -0.0392. The predicted octanol–water partition coefficient (Wildman–Crippen LogP) is 3.43. The minimum Gasteiger partial charge on any atom is -0.382 e. The standard InChI is InChI=1S/C21H19F2N5O/c1-15(16-3-6-18(7-4-16)28-10-2-9-25-28)21(29,12-27-14-24-13-26-27)19-8-5-17(22)11-20(19)23/h2-11,13-15,29H,12H2,1H3/t15-,21+/m1/s1. The molecule has 4 rings (SSSR count). The van der Waals surface area contributed by atoms with Crippen LogP contribution in [0.3, 0.4) is 0 Å². The highest BCUT2D eigenvalue weighted by Crippen LogP contribution is 2.39. The van der Waals surface area contributed by atoms with Gasteiger partial charge in [0.2, 0.25) is 0 Å². The molecule has 0 aliphatic heterocycles. The summed E-state index contributed by atoms with van der Waals surface area (Å²) in [4.78, 5) is 3.89. The van der Waals surface area contributed by atoms with E-state index < -0.39 is 23.2 Å². The van der Waals surface area contributed by atoms with Gasteiger partial charge in [-0.15, -0.1) is 0 Å². The summed E-state index contributed by atoms with van der Waals surface area (Å²) in [6, 6.07) is 12.5. The molecule has 2 atom stereocenters. The van der Waals surface area contributed by atoms with E-state index in [-0.39, 0.29) is 12.1 Å². The summed E-state index contributed by atoms with van der Waals surface area (Å²) in [7, 11) is 0. The molecule has 4 aromatic rings. The van der Waals surface area contributed by atoms with Crippen molar-refractivity contribution in [2.45, 2.75) is 25.0 Å². The molecule has 0 saturated heterocycles. The topological polar surface area (TPSA) is 68.8 Å². The van der Waals surface area contributed by atoms with Crippen LogP contribution in [0.4, 0.5) is 8.78 Å². The van der Waals surface area contributed by atoms with E-state index in [1.54, 1.807) is 17.8 Å². The molecule has 8 heteroatoms. The molecule has 6 nitrogen and oxygen atoms in total. The second-order valence-electron chi connectivity index (χ2n) is 6.91. The lowest BCUT2D eigenvalue weighted by Crippen LogP contribution is -2.38. The lowest BCUT2D eigenvalue weighted by molar-refractivity contribution is -0.0112. The normalized spacial score (nSPS) is 14.5. The van der Waals surface area contributed by atoms with Gasteiger partial charge in [-0.2, -0.15) is 10.2 Å². The van der Waals surface area contributed by atoms with Crippen LogP contribution in [0, 0.1) is 11.6 Å². The van der Waals surface area contributed by atoms with Gasteiger partial charge in [0.25, 0.3) is 0 Å². The molecule has 1 N–H and O–H groups in total. The lowest BCUT2D eigenvalue weighted by Gasteiger charge is -2.35. The van der Waals surface area contributed by atoms with Crippen LogP contribution < -0.4 is 0 Å². The van der Waals surface area contributed by atoms with Crippen LogP contribution in [-0.4, -0.2) is 29.7 Å². The second-order valence-corrected chi connectivity index (χ2v) is 6.91. The highest BCUT2D eigenvalue weighted by atomic mass is 19.1. The average molecular weight is 395 g/mol. The van der Waals surface area contributed by atoms with Gasteiger partial charge in [0.15, 0.2) is 0 Å². The van der Waals surface area contributed by atoms with Crippen molar-refractivity contribution in [3.8, 4) is 5.69 Å². The van der Waals surface area contributed by atoms with E-state index in [0.29, 0.717) is 0 Å². The van der Waals surface area contributed by atoms with Crippen LogP contribution >= 0.6 is 0 Å². The Morgan fingerprint density at radius 2 is 1.90 bits per heavy atom. The van der Waals surface area contributed by atoms with Crippen LogP contribution in [0.5, 0.6) is 0 Å². The number of halogens is 2. The number of hydrogen-bond acceptors (Lipinski definition) is 4. The largest absolute Gasteiger partial charge is 0.382 e. The van der Waals surface area contributed by atoms with Crippen molar-refractivity contribution >= 4 is 0 Å². The molecule has 0 aliphatic carbocycles. The maximum Gasteiger partial charge on any atom is 0.137 e. The quantitative estimate of drug-likeness (QED) is 0.543. The van der Waals surface area contributed by atoms with Gasteiger partial charge in [-0.1, -0.05) is 25.1 Å². The molecule has 0 unspecified atom stereocenters. The lowest BCUT2D eigenvalue weighted by atomic mass is 9.78. The average Bonchev–Trinajstić information content (AvgIpc) is 3.41. The Kier molecular flexibility index (Phi) is 4.94. The molecule has 148 valence electrons. The fourth-order valence-corrected chi connectivity index (χ4v) is 3.47. The summed E-state index contributed by atoms with van der Waals surface area (Å²) >= 11 is 0. The molecule has 0 fully saturated rings. The summed E-state index contributed by atoms with van der Waals surface area (Å²) in [5.74, 6) is -2.04. The molecule has 0 aliphatic rings. The van der Waals surface area contributed by atoms with Crippen LogP contribution in [0.2, 0.25) is 0 Å². The molecule has 0 bridgehead atoms. The van der Waals surface area contributed by atoms with E-state index >= 15 is 0 Å². The van der Waals surface area contributed by atoms with Crippen molar-refractivity contribution in [3.05, 3.63) is 96.3 Å². The maximum absolute atomic E-state index is 14.6. The number of aromatic nitrogens is 5. The predicted molar refractivity (Wildman–Crippen MR) is 102 cm³/mol. The number of aliphatic hydroxyl groups is 1. The van der Waals surface area contributed by atoms with Crippen molar-refractivity contribution in [2.24, 2.45) is 0 Å². The molecular weight excluding hydrogens is 376 g/mol. The number of benzene rings is 2. The minimum absolute atomic E-state index is 0.00180. The molecule has 2 aromatic heterocycles. The summed E-state index contributed by atoms with van der Waals surface area (Å²) < 4.78 is 31.2. The number of rotatable bonds is 6. The zero-order valence-electron chi connectivity index (χ0n) is 15.7. The Hall–Kier alpha value is -3.39. The third kappa shape index (κ3) is 3.66. The van der Waals surface area contributed by atoms with Crippen molar-refractivity contribution in [1.29, 1.82) is 0 Å². The van der Waals surface area contributed by atoms with E-state index in [2.05, 4.69) is 15.2 Å². The second kappa shape index (κ2) is 7.56. The van der Waals surface area contributed by atoms with Crippen molar-refractivity contribution in [3.63, 3.8) is 0 Å². The van der Waals surface area contributed by atoms with Gasteiger partial charge in [0, 0.05) is 29.9 Å². The summed E-state index contributed by atoms with van der Waals surface area (Å²) in [6.07, 6.45) is 6.29. The van der Waals surface area contributed by atoms with Crippen molar-refractivity contribution in [2.75, 3.05) is 0 Å². The van der Waals surface area contributed by atoms with E-state index in [1.165, 1.54) is 23.4 Å². The van der Waals surface area contributed by atoms with Gasteiger partial charge in [-0.25, -0.2) is 23.1 Å². The smallest absolute Gasteiger partial charge is 0.137 e. The van der Waals surface area contributed by atoms with E-state index in [4.69, 9.17) is 0 Å². The molecule has 2 aromatic carbocycles. The molecule has 0 radical (unpaired) electrons. The molecule has 29 heavy (non-hydrogen) atoms. The summed E-state index contributed by atoms with van der Waals surface area (Å²) in [6.45, 7) is 1.75. The first-order chi connectivity index (χ1) is 14.0. The highest BCUT2D eigenvalue weighted by molar-refractivity contribution is 5.38. The Morgan fingerprint density at radius 3 is 2.52 bits per heavy atom. The molecule has 0 amide bonds. The minimum atomic E-state index is -1.68. The van der Waals surface area contributed by atoms with E-state index in [0.717, 1.165) is 23.4 Å². The fourth-order valence-electron chi connectivity index (χ4n) is 3.47. The fraction of sp³-hybridized carbons (Fsp3) is 0.190. The SMILES string of the molecule is C[C@H](c1ccc(-n2cccn2)cc1)[C@@](O)(Cn1cncn1)c1ccc(F)cc1F. The number of nitrogens with zero attached hydrogens (tertiary/aromatic N) is 5. The first-order valence-corrected chi connectivity index (χ1v) is 9.07. The van der Waals surface area contributed by atoms with E-state index in [9.17, 15) is 13.9 Å². The third-order valence-electron chi connectivity index (χ3n) is 5.15. The first kappa shape index (κ1) is 18.9. The van der Waals surface area contributed by atoms with Crippen LogP contribution in [0.25, 0.3) is 5.69 Å². The first-order valence-electron chi connectivity index (χ1n) is 9.07. The van der Waals surface area contributed by atoms with Gasteiger partial charge in [-0.05, 0) is 29.8 Å². The van der Waals surface area contributed by atoms with Crippen LogP contribution in [-0.2, 0) is 12.1 Å². The van der Waals surface area contributed by atoms with Crippen molar-refractivity contribution < 1.29 is 13.9 Å². The molecule has 2 heterocycles. The molecular formula is C21H19F2N5O. The third-order valence-corrected chi connectivity index (χ3v) is 5.15. The highest BCUT2D eigenvalue weighted by Gasteiger charge is 2.39. The number of hydrogen-bond donors (Lipinski definition) is 1. The summed E-state index contributed by atoms with van der Waals surface area (Å²) in [5, 5.41) is 19.9. The van der Waals surface area contributed by atoms with Crippen LogP contribution in [0.1, 0.15) is 24.0 Å². The van der Waals surface area contributed by atoms with Gasteiger partial charge in [0.1, 0.15) is 29.9 Å². The van der Waals surface area contributed by atoms with Gasteiger partial charge < -0.3 is 5.11 Å². The Bertz CT molecular complexity index is 1080. The van der Waals surface area contributed by atoms with E-state index in [1.807, 2.05) is 36.5 Å². The Labute approximate surface area is 166 Å². The monoisotopic (exact) mass is 395 g/mol. The van der Waals surface area contributed by atoms with Gasteiger partial charge in [-0.3, -0.25) is 0 Å².